The molecule has 0 aliphatic heterocycles. The number of carbonyl (C=O) groups is 1. The molecule has 1 heterocycles. The summed E-state index contributed by atoms with van der Waals surface area (Å²) in [5.41, 5.74) is 1.75. The van der Waals surface area contributed by atoms with Crippen molar-refractivity contribution in [3.05, 3.63) is 51.9 Å². The molecular weight excluding hydrogens is 348 g/mol. The third-order valence-corrected chi connectivity index (χ3v) is 3.83. The molecule has 0 aliphatic rings. The van der Waals surface area contributed by atoms with E-state index >= 15 is 0 Å². The van der Waals surface area contributed by atoms with Gasteiger partial charge in [0.2, 0.25) is 0 Å². The molecule has 0 atom stereocenters. The van der Waals surface area contributed by atoms with Gasteiger partial charge in [0.05, 0.1) is 5.39 Å². The number of rotatable bonds is 7. The van der Waals surface area contributed by atoms with Gasteiger partial charge in [-0.25, -0.2) is 4.79 Å². The highest BCUT2D eigenvalue weighted by molar-refractivity contribution is 5.87. The maximum Gasteiger partial charge on any atom is 0.383 e. The van der Waals surface area contributed by atoms with E-state index in [-0.39, 0.29) is 11.0 Å². The van der Waals surface area contributed by atoms with Gasteiger partial charge in [-0.15, -0.1) is 0 Å². The molecule has 0 amide bonds. The van der Waals surface area contributed by atoms with Crippen LogP contribution in [0.4, 0.5) is 0 Å². The second-order valence-electron chi connectivity index (χ2n) is 6.50. The summed E-state index contributed by atoms with van der Waals surface area (Å²) in [7, 11) is 0. The van der Waals surface area contributed by atoms with Crippen LogP contribution < -0.4 is 15.1 Å². The smallest absolute Gasteiger partial charge is 0.383 e. The Kier molecular flexibility index (Phi) is 6.82. The van der Waals surface area contributed by atoms with E-state index < -0.39 is 23.1 Å². The summed E-state index contributed by atoms with van der Waals surface area (Å²) in [6, 6.07) is 4.70. The Morgan fingerprint density at radius 3 is 2.59 bits per heavy atom. The lowest BCUT2D eigenvalue weighted by Crippen LogP contribution is -2.11. The summed E-state index contributed by atoms with van der Waals surface area (Å²) in [6.45, 7) is 7.72. The van der Waals surface area contributed by atoms with E-state index in [2.05, 4.69) is 26.8 Å². The van der Waals surface area contributed by atoms with Gasteiger partial charge in [-0.1, -0.05) is 17.2 Å². The number of carbonyl (C=O) groups excluding carboxylic acids is 1. The van der Waals surface area contributed by atoms with Gasteiger partial charge in [-0.3, -0.25) is 4.79 Å². The van der Waals surface area contributed by atoms with Crippen LogP contribution in [0, 0.1) is 0 Å². The molecule has 1 aromatic heterocycles. The van der Waals surface area contributed by atoms with Gasteiger partial charge in [0, 0.05) is 13.0 Å². The van der Waals surface area contributed by atoms with Crippen molar-refractivity contribution in [3.63, 3.8) is 0 Å². The zero-order valence-corrected chi connectivity index (χ0v) is 16.0. The Morgan fingerprint density at radius 2 is 1.93 bits per heavy atom. The Bertz CT molecular complexity index is 945. The number of fused-ring (bicyclic) bond motifs is 1. The molecule has 0 unspecified atom stereocenters. The third kappa shape index (κ3) is 5.74. The Hall–Kier alpha value is -3.02. The SMILES string of the molecule is CC(=O)Oc1c(O)c2ccc(OC/C=C(\C)CCC=C(C)C)cc2oc1=O. The molecule has 0 spiro atoms. The number of esters is 1. The van der Waals surface area contributed by atoms with Crippen LogP contribution in [0.3, 0.4) is 0 Å². The molecule has 0 aliphatic carbocycles. The zero-order chi connectivity index (χ0) is 20.0. The fraction of sp³-hybridized carbons (Fsp3) is 0.333. The third-order valence-electron chi connectivity index (χ3n) is 3.83. The second kappa shape index (κ2) is 9.07. The highest BCUT2D eigenvalue weighted by atomic mass is 16.6. The van der Waals surface area contributed by atoms with Gasteiger partial charge >= 0.3 is 11.6 Å². The van der Waals surface area contributed by atoms with Gasteiger partial charge in [-0.05, 0) is 51.8 Å². The van der Waals surface area contributed by atoms with Gasteiger partial charge in [0.1, 0.15) is 17.9 Å². The van der Waals surface area contributed by atoms with E-state index in [1.165, 1.54) is 17.2 Å². The molecule has 0 saturated carbocycles. The Labute approximate surface area is 157 Å². The first kappa shape index (κ1) is 20.3. The van der Waals surface area contributed by atoms with Crippen molar-refractivity contribution < 1.29 is 23.8 Å². The maximum absolute atomic E-state index is 11.9. The van der Waals surface area contributed by atoms with Gasteiger partial charge in [0.25, 0.3) is 5.75 Å². The van der Waals surface area contributed by atoms with E-state index in [4.69, 9.17) is 13.9 Å². The van der Waals surface area contributed by atoms with E-state index in [0.29, 0.717) is 12.4 Å². The highest BCUT2D eigenvalue weighted by Crippen LogP contribution is 2.33. The predicted octanol–water partition coefficient (Wildman–Crippen LogP) is 4.50. The Balaban J connectivity index is 2.11. The molecule has 27 heavy (non-hydrogen) atoms. The van der Waals surface area contributed by atoms with Crippen LogP contribution in [0.1, 0.15) is 40.5 Å². The predicted molar refractivity (Wildman–Crippen MR) is 103 cm³/mol. The number of aromatic hydroxyl groups is 1. The number of hydrogen-bond donors (Lipinski definition) is 1. The van der Waals surface area contributed by atoms with Crippen molar-refractivity contribution in [2.24, 2.45) is 0 Å². The maximum atomic E-state index is 11.9. The summed E-state index contributed by atoms with van der Waals surface area (Å²) >= 11 is 0. The number of ether oxygens (including phenoxy) is 2. The summed E-state index contributed by atoms with van der Waals surface area (Å²) in [4.78, 5) is 22.9. The molecule has 6 heteroatoms. The van der Waals surface area contributed by atoms with Crippen molar-refractivity contribution >= 4 is 16.9 Å². The van der Waals surface area contributed by atoms with Gasteiger partial charge in [-0.2, -0.15) is 0 Å². The summed E-state index contributed by atoms with van der Waals surface area (Å²) in [5.74, 6) is -1.17. The first-order valence-electron chi connectivity index (χ1n) is 8.68. The average molecular weight is 372 g/mol. The quantitative estimate of drug-likeness (QED) is 0.438. The van der Waals surface area contributed by atoms with E-state index in [1.54, 1.807) is 12.1 Å². The van der Waals surface area contributed by atoms with Crippen molar-refractivity contribution in [1.29, 1.82) is 0 Å². The molecule has 0 bridgehead atoms. The largest absolute Gasteiger partial charge is 0.504 e. The van der Waals surface area contributed by atoms with Crippen LogP contribution in [0.15, 0.2) is 50.7 Å². The van der Waals surface area contributed by atoms with Crippen molar-refractivity contribution in [1.82, 2.24) is 0 Å². The molecule has 2 rings (SSSR count). The molecule has 0 fully saturated rings. The minimum atomic E-state index is -0.928. The molecule has 144 valence electrons. The molecule has 2 aromatic rings. The lowest BCUT2D eigenvalue weighted by Gasteiger charge is -2.08. The second-order valence-corrected chi connectivity index (χ2v) is 6.50. The number of allylic oxidation sites excluding steroid dienone is 3. The van der Waals surface area contributed by atoms with E-state index in [0.717, 1.165) is 19.8 Å². The molecule has 0 radical (unpaired) electrons. The topological polar surface area (TPSA) is 86.0 Å². The van der Waals surface area contributed by atoms with Crippen LogP contribution in [-0.2, 0) is 4.79 Å². The summed E-state index contributed by atoms with van der Waals surface area (Å²) in [5, 5.41) is 10.4. The zero-order valence-electron chi connectivity index (χ0n) is 16.0. The summed E-state index contributed by atoms with van der Waals surface area (Å²) in [6.07, 6.45) is 6.16. The van der Waals surface area contributed by atoms with Crippen LogP contribution in [-0.4, -0.2) is 17.7 Å². The van der Waals surface area contributed by atoms with Crippen LogP contribution in [0.25, 0.3) is 11.0 Å². The number of benzene rings is 1. The first-order chi connectivity index (χ1) is 12.8. The molecule has 6 nitrogen and oxygen atoms in total. The normalized spacial score (nSPS) is 11.3. The Morgan fingerprint density at radius 1 is 1.19 bits per heavy atom. The standard InChI is InChI=1S/C21H24O6/c1-13(2)6-5-7-14(3)10-11-25-16-8-9-17-18(12-16)27-21(24)20(19(17)23)26-15(4)22/h6,8-10,12,23H,5,7,11H2,1-4H3/b14-10+. The molecular formula is C21H24O6. The van der Waals surface area contributed by atoms with E-state index in [9.17, 15) is 14.7 Å². The van der Waals surface area contributed by atoms with Gasteiger partial charge in [0.15, 0.2) is 5.75 Å². The molecule has 1 aromatic carbocycles. The van der Waals surface area contributed by atoms with E-state index in [1.807, 2.05) is 6.08 Å². The van der Waals surface area contributed by atoms with Crippen LogP contribution in [0.2, 0.25) is 0 Å². The van der Waals surface area contributed by atoms with Gasteiger partial charge < -0.3 is 19.0 Å². The minimum absolute atomic E-state index is 0.148. The average Bonchev–Trinajstić information content (AvgIpc) is 2.58. The molecule has 0 saturated heterocycles. The lowest BCUT2D eigenvalue weighted by molar-refractivity contribution is -0.132. The van der Waals surface area contributed by atoms with Crippen molar-refractivity contribution in [2.45, 2.75) is 40.5 Å². The fourth-order valence-corrected chi connectivity index (χ4v) is 2.44. The fourth-order valence-electron chi connectivity index (χ4n) is 2.44. The molecule has 1 N–H and O–H groups in total. The van der Waals surface area contributed by atoms with Crippen LogP contribution in [0.5, 0.6) is 17.2 Å². The minimum Gasteiger partial charge on any atom is -0.504 e. The first-order valence-corrected chi connectivity index (χ1v) is 8.68. The summed E-state index contributed by atoms with van der Waals surface area (Å²) < 4.78 is 15.5. The lowest BCUT2D eigenvalue weighted by atomic mass is 10.1. The van der Waals surface area contributed by atoms with Crippen molar-refractivity contribution in [2.75, 3.05) is 6.61 Å². The van der Waals surface area contributed by atoms with Crippen LogP contribution >= 0.6 is 0 Å². The monoisotopic (exact) mass is 372 g/mol. The number of hydrogen-bond acceptors (Lipinski definition) is 6. The van der Waals surface area contributed by atoms with Crippen molar-refractivity contribution in [3.8, 4) is 17.2 Å². The highest BCUT2D eigenvalue weighted by Gasteiger charge is 2.17.